The molecule has 2 N–H and O–H groups in total. The molecule has 0 saturated carbocycles. The highest BCUT2D eigenvalue weighted by Gasteiger charge is 2.09. The Labute approximate surface area is 133 Å². The van der Waals surface area contributed by atoms with E-state index in [-0.39, 0.29) is 29.6 Å². The van der Waals surface area contributed by atoms with E-state index in [2.05, 4.69) is 10.4 Å². The molecule has 118 valence electrons. The highest BCUT2D eigenvalue weighted by Crippen LogP contribution is 2.14. The van der Waals surface area contributed by atoms with E-state index in [4.69, 9.17) is 21.4 Å². The van der Waals surface area contributed by atoms with Crippen molar-refractivity contribution >= 4 is 17.3 Å². The number of aliphatic hydroxyl groups excluding tert-OH is 1. The number of ether oxygens (including phenoxy) is 1. The first kappa shape index (κ1) is 16.5. The standard InChI is InChI=1S/C15H18ClN3O3/c16-13-9-18-19(15(21)14(13)17-7-4-8-20)11-22-10-12-5-2-1-3-6-12/h1-3,5-6,9,17,20H,4,7-8,10-11H2. The molecule has 22 heavy (non-hydrogen) atoms. The molecule has 0 unspecified atom stereocenters. The highest BCUT2D eigenvalue weighted by atomic mass is 35.5. The average Bonchev–Trinajstić information content (AvgIpc) is 2.54. The molecule has 0 saturated heterocycles. The summed E-state index contributed by atoms with van der Waals surface area (Å²) < 4.78 is 6.70. The fraction of sp³-hybridized carbons (Fsp3) is 0.333. The van der Waals surface area contributed by atoms with Gasteiger partial charge in [-0.05, 0) is 12.0 Å². The van der Waals surface area contributed by atoms with Crippen molar-refractivity contribution in [3.8, 4) is 0 Å². The van der Waals surface area contributed by atoms with Gasteiger partial charge in [-0.25, -0.2) is 4.68 Å². The zero-order valence-corrected chi connectivity index (χ0v) is 12.8. The van der Waals surface area contributed by atoms with Crippen LogP contribution in [0.4, 0.5) is 5.69 Å². The monoisotopic (exact) mass is 323 g/mol. The number of nitrogens with one attached hydrogen (secondary N) is 1. The predicted octanol–water partition coefficient (Wildman–Crippen LogP) is 1.87. The summed E-state index contributed by atoms with van der Waals surface area (Å²) >= 11 is 5.97. The second-order valence-corrected chi connectivity index (χ2v) is 5.05. The smallest absolute Gasteiger partial charge is 0.293 e. The molecule has 0 amide bonds. The van der Waals surface area contributed by atoms with Crippen LogP contribution >= 0.6 is 11.6 Å². The van der Waals surface area contributed by atoms with Crippen LogP contribution in [0.5, 0.6) is 0 Å². The molecular formula is C15H18ClN3O3. The van der Waals surface area contributed by atoms with Gasteiger partial charge in [0.15, 0.2) is 0 Å². The Kier molecular flexibility index (Phi) is 6.39. The van der Waals surface area contributed by atoms with E-state index in [9.17, 15) is 4.79 Å². The van der Waals surface area contributed by atoms with Crippen molar-refractivity contribution in [3.05, 3.63) is 57.5 Å². The third-order valence-electron chi connectivity index (χ3n) is 2.96. The fourth-order valence-corrected chi connectivity index (χ4v) is 2.03. The largest absolute Gasteiger partial charge is 0.396 e. The van der Waals surface area contributed by atoms with Crippen LogP contribution in [0.2, 0.25) is 5.02 Å². The van der Waals surface area contributed by atoms with Gasteiger partial charge in [-0.3, -0.25) is 4.79 Å². The summed E-state index contributed by atoms with van der Waals surface area (Å²) in [5.74, 6) is 0. The molecule has 0 spiro atoms. The highest BCUT2D eigenvalue weighted by molar-refractivity contribution is 6.32. The quantitative estimate of drug-likeness (QED) is 0.725. The fourth-order valence-electron chi connectivity index (χ4n) is 1.84. The van der Waals surface area contributed by atoms with Crippen molar-refractivity contribution in [3.63, 3.8) is 0 Å². The lowest BCUT2D eigenvalue weighted by Gasteiger charge is -2.10. The summed E-state index contributed by atoms with van der Waals surface area (Å²) in [5.41, 5.74) is 0.942. The summed E-state index contributed by atoms with van der Waals surface area (Å²) in [4.78, 5) is 12.2. The Balaban J connectivity index is 1.99. The first-order valence-electron chi connectivity index (χ1n) is 6.94. The van der Waals surface area contributed by atoms with Crippen LogP contribution in [0.1, 0.15) is 12.0 Å². The van der Waals surface area contributed by atoms with Crippen LogP contribution in [0, 0.1) is 0 Å². The van der Waals surface area contributed by atoms with Gasteiger partial charge in [0.1, 0.15) is 12.4 Å². The number of anilines is 1. The van der Waals surface area contributed by atoms with Crippen molar-refractivity contribution in [2.75, 3.05) is 18.5 Å². The van der Waals surface area contributed by atoms with Crippen molar-refractivity contribution in [1.82, 2.24) is 9.78 Å². The molecule has 2 aromatic rings. The van der Waals surface area contributed by atoms with E-state index in [1.807, 2.05) is 30.3 Å². The number of benzene rings is 1. The summed E-state index contributed by atoms with van der Waals surface area (Å²) in [6.07, 6.45) is 1.93. The maximum atomic E-state index is 12.2. The Morgan fingerprint density at radius 3 is 2.82 bits per heavy atom. The normalized spacial score (nSPS) is 10.6. The van der Waals surface area contributed by atoms with Crippen LogP contribution in [-0.2, 0) is 18.1 Å². The van der Waals surface area contributed by atoms with Crippen LogP contribution in [-0.4, -0.2) is 28.0 Å². The number of hydrogen-bond acceptors (Lipinski definition) is 5. The molecule has 6 nitrogen and oxygen atoms in total. The van der Waals surface area contributed by atoms with E-state index >= 15 is 0 Å². The first-order valence-corrected chi connectivity index (χ1v) is 7.32. The van der Waals surface area contributed by atoms with Gasteiger partial charge in [0.05, 0.1) is 17.8 Å². The second kappa shape index (κ2) is 8.53. The van der Waals surface area contributed by atoms with E-state index < -0.39 is 0 Å². The van der Waals surface area contributed by atoms with Gasteiger partial charge in [-0.1, -0.05) is 41.9 Å². The minimum absolute atomic E-state index is 0.0412. The van der Waals surface area contributed by atoms with Gasteiger partial charge < -0.3 is 15.2 Å². The van der Waals surface area contributed by atoms with Gasteiger partial charge in [0.25, 0.3) is 5.56 Å². The topological polar surface area (TPSA) is 76.4 Å². The van der Waals surface area contributed by atoms with Gasteiger partial charge >= 0.3 is 0 Å². The molecule has 0 atom stereocenters. The maximum absolute atomic E-state index is 12.2. The number of halogens is 1. The molecular weight excluding hydrogens is 306 g/mol. The third kappa shape index (κ3) is 4.56. The van der Waals surface area contributed by atoms with Gasteiger partial charge in [-0.15, -0.1) is 0 Å². The zero-order chi connectivity index (χ0) is 15.8. The van der Waals surface area contributed by atoms with E-state index in [1.54, 1.807) is 0 Å². The summed E-state index contributed by atoms with van der Waals surface area (Å²) in [6.45, 7) is 0.939. The van der Waals surface area contributed by atoms with Crippen molar-refractivity contribution in [2.45, 2.75) is 19.8 Å². The summed E-state index contributed by atoms with van der Waals surface area (Å²) in [5, 5.41) is 15.9. The Hall–Kier alpha value is -1.89. The molecule has 1 aromatic heterocycles. The molecule has 0 aliphatic heterocycles. The molecule has 0 aliphatic carbocycles. The zero-order valence-electron chi connectivity index (χ0n) is 12.0. The number of aliphatic hydroxyl groups is 1. The maximum Gasteiger partial charge on any atom is 0.293 e. The molecule has 7 heteroatoms. The third-order valence-corrected chi connectivity index (χ3v) is 3.25. The Morgan fingerprint density at radius 1 is 1.32 bits per heavy atom. The molecule has 0 bridgehead atoms. The Bertz CT molecular complexity index is 646. The number of hydrogen-bond donors (Lipinski definition) is 2. The minimum Gasteiger partial charge on any atom is -0.396 e. The lowest BCUT2D eigenvalue weighted by Crippen LogP contribution is -2.27. The van der Waals surface area contributed by atoms with Gasteiger partial charge in [0, 0.05) is 13.2 Å². The molecule has 1 aromatic carbocycles. The van der Waals surface area contributed by atoms with Crippen LogP contribution < -0.4 is 10.9 Å². The molecule has 0 radical (unpaired) electrons. The van der Waals surface area contributed by atoms with Crippen molar-refractivity contribution < 1.29 is 9.84 Å². The molecule has 0 aliphatic rings. The van der Waals surface area contributed by atoms with E-state index in [1.165, 1.54) is 10.9 Å². The molecule has 1 heterocycles. The van der Waals surface area contributed by atoms with Crippen molar-refractivity contribution in [2.24, 2.45) is 0 Å². The molecule has 2 rings (SSSR count). The lowest BCUT2D eigenvalue weighted by atomic mass is 10.2. The molecule has 0 fully saturated rings. The minimum atomic E-state index is -0.349. The van der Waals surface area contributed by atoms with Gasteiger partial charge in [-0.2, -0.15) is 5.10 Å². The SMILES string of the molecule is O=c1c(NCCCO)c(Cl)cnn1COCc1ccccc1. The average molecular weight is 324 g/mol. The van der Waals surface area contributed by atoms with Gasteiger partial charge in [0.2, 0.25) is 0 Å². The van der Waals surface area contributed by atoms with E-state index in [0.29, 0.717) is 19.6 Å². The van der Waals surface area contributed by atoms with Crippen LogP contribution in [0.15, 0.2) is 41.3 Å². The number of aromatic nitrogens is 2. The second-order valence-electron chi connectivity index (χ2n) is 4.64. The predicted molar refractivity (Wildman–Crippen MR) is 84.9 cm³/mol. The van der Waals surface area contributed by atoms with Crippen molar-refractivity contribution in [1.29, 1.82) is 0 Å². The summed E-state index contributed by atoms with van der Waals surface area (Å²) in [7, 11) is 0. The summed E-state index contributed by atoms with van der Waals surface area (Å²) in [6, 6.07) is 9.67. The van der Waals surface area contributed by atoms with E-state index in [0.717, 1.165) is 5.56 Å². The number of rotatable bonds is 8. The Morgan fingerprint density at radius 2 is 2.09 bits per heavy atom. The first-order chi connectivity index (χ1) is 10.7. The van der Waals surface area contributed by atoms with Crippen LogP contribution in [0.3, 0.4) is 0 Å². The van der Waals surface area contributed by atoms with Crippen LogP contribution in [0.25, 0.3) is 0 Å². The lowest BCUT2D eigenvalue weighted by molar-refractivity contribution is 0.0530. The number of nitrogens with zero attached hydrogens (tertiary/aromatic N) is 2.